The van der Waals surface area contributed by atoms with Crippen molar-refractivity contribution in [3.8, 4) is 0 Å². The standard InChI is InChI=1S/C6H5ClN2O2S.ClH/c1-2-8-4(7)3(6(10)11)5(12)9-2;/h1H3,(H,10,11)(H,8,9,12);1H. The molecule has 72 valence electrons. The van der Waals surface area contributed by atoms with Crippen LogP contribution < -0.4 is 0 Å². The molecular formula is C6H6Cl2N2O2S. The minimum atomic E-state index is -1.17. The van der Waals surface area contributed by atoms with Crippen LogP contribution in [0.25, 0.3) is 0 Å². The number of aromatic amines is 1. The molecule has 1 aromatic heterocycles. The van der Waals surface area contributed by atoms with Crippen molar-refractivity contribution < 1.29 is 9.90 Å². The number of halogens is 2. The Morgan fingerprint density at radius 2 is 2.23 bits per heavy atom. The van der Waals surface area contributed by atoms with Crippen LogP contribution in [-0.2, 0) is 0 Å². The summed E-state index contributed by atoms with van der Waals surface area (Å²) in [6.45, 7) is 1.65. The Morgan fingerprint density at radius 3 is 2.62 bits per heavy atom. The molecule has 0 spiro atoms. The number of nitrogens with zero attached hydrogens (tertiary/aromatic N) is 1. The minimum absolute atomic E-state index is 0. The average molecular weight is 241 g/mol. The van der Waals surface area contributed by atoms with Gasteiger partial charge in [0.25, 0.3) is 0 Å². The van der Waals surface area contributed by atoms with E-state index in [1.807, 2.05) is 0 Å². The lowest BCUT2D eigenvalue weighted by molar-refractivity contribution is 0.0695. The second-order valence-corrected chi connectivity index (χ2v) is 2.89. The molecule has 0 aliphatic rings. The predicted octanol–water partition coefficient (Wildman–Crippen LogP) is 2.22. The lowest BCUT2D eigenvalue weighted by Gasteiger charge is -1.99. The van der Waals surface area contributed by atoms with Crippen molar-refractivity contribution in [3.63, 3.8) is 0 Å². The highest BCUT2D eigenvalue weighted by atomic mass is 35.5. The van der Waals surface area contributed by atoms with E-state index in [0.717, 1.165) is 0 Å². The first-order valence-corrected chi connectivity index (χ1v) is 3.80. The van der Waals surface area contributed by atoms with Gasteiger partial charge in [0.15, 0.2) is 0 Å². The van der Waals surface area contributed by atoms with Gasteiger partial charge in [-0.1, -0.05) is 23.8 Å². The van der Waals surface area contributed by atoms with Crippen LogP contribution in [-0.4, -0.2) is 21.0 Å². The molecule has 0 atom stereocenters. The lowest BCUT2D eigenvalue weighted by atomic mass is 10.3. The Balaban J connectivity index is 0.00000144. The normalized spacial score (nSPS) is 9.08. The molecule has 0 aliphatic carbocycles. The van der Waals surface area contributed by atoms with E-state index in [-0.39, 0.29) is 27.8 Å². The molecule has 1 rings (SSSR count). The fraction of sp³-hybridized carbons (Fsp3) is 0.167. The first kappa shape index (κ1) is 12.3. The molecule has 0 unspecified atom stereocenters. The third-order valence-corrected chi connectivity index (χ3v) is 1.79. The zero-order chi connectivity index (χ0) is 9.30. The van der Waals surface area contributed by atoms with Crippen molar-refractivity contribution >= 4 is 42.2 Å². The Kier molecular flexibility index (Phi) is 4.32. The predicted molar refractivity (Wildman–Crippen MR) is 53.4 cm³/mol. The molecule has 0 amide bonds. The van der Waals surface area contributed by atoms with E-state index < -0.39 is 5.97 Å². The van der Waals surface area contributed by atoms with Crippen LogP contribution in [0.3, 0.4) is 0 Å². The van der Waals surface area contributed by atoms with Crippen LogP contribution in [0.15, 0.2) is 0 Å². The smallest absolute Gasteiger partial charge is 0.341 e. The molecule has 0 saturated carbocycles. The molecule has 2 N–H and O–H groups in total. The number of carboxylic acids is 1. The fourth-order valence-corrected chi connectivity index (χ4v) is 1.43. The zero-order valence-corrected chi connectivity index (χ0v) is 8.89. The number of carbonyl (C=O) groups is 1. The topological polar surface area (TPSA) is 66.0 Å². The van der Waals surface area contributed by atoms with Gasteiger partial charge in [-0.3, -0.25) is 0 Å². The van der Waals surface area contributed by atoms with E-state index in [0.29, 0.717) is 5.82 Å². The largest absolute Gasteiger partial charge is 0.477 e. The van der Waals surface area contributed by atoms with Gasteiger partial charge in [-0.15, -0.1) is 12.4 Å². The summed E-state index contributed by atoms with van der Waals surface area (Å²) < 4.78 is 0.00347. The van der Waals surface area contributed by atoms with E-state index in [1.165, 1.54) is 0 Å². The molecule has 0 fully saturated rings. The molecular weight excluding hydrogens is 235 g/mol. The van der Waals surface area contributed by atoms with Gasteiger partial charge in [0, 0.05) is 0 Å². The number of aromatic nitrogens is 2. The van der Waals surface area contributed by atoms with Gasteiger partial charge in [-0.25, -0.2) is 9.78 Å². The molecule has 0 saturated heterocycles. The summed E-state index contributed by atoms with van der Waals surface area (Å²) in [6.07, 6.45) is 0. The summed E-state index contributed by atoms with van der Waals surface area (Å²) in [6, 6.07) is 0. The summed E-state index contributed by atoms with van der Waals surface area (Å²) in [5.74, 6) is -0.677. The van der Waals surface area contributed by atoms with Gasteiger partial charge in [-0.2, -0.15) is 0 Å². The summed E-state index contributed by atoms with van der Waals surface area (Å²) in [5, 5.41) is 8.64. The quantitative estimate of drug-likeness (QED) is 0.584. The van der Waals surface area contributed by atoms with Gasteiger partial charge in [0.05, 0.1) is 0 Å². The number of hydrogen-bond acceptors (Lipinski definition) is 3. The average Bonchev–Trinajstić information content (AvgIpc) is 1.82. The van der Waals surface area contributed by atoms with Crippen molar-refractivity contribution in [3.05, 3.63) is 21.2 Å². The molecule has 0 aliphatic heterocycles. The first-order valence-electron chi connectivity index (χ1n) is 3.02. The van der Waals surface area contributed by atoms with Crippen LogP contribution >= 0.6 is 36.2 Å². The number of hydrogen-bond donors (Lipinski definition) is 2. The number of aromatic carboxylic acids is 1. The molecule has 7 heteroatoms. The monoisotopic (exact) mass is 240 g/mol. The van der Waals surface area contributed by atoms with Crippen LogP contribution in [0.4, 0.5) is 0 Å². The number of nitrogens with one attached hydrogen (secondary N) is 1. The van der Waals surface area contributed by atoms with Gasteiger partial charge < -0.3 is 10.1 Å². The van der Waals surface area contributed by atoms with Crippen LogP contribution in [0, 0.1) is 11.6 Å². The Hall–Kier alpha value is -0.650. The molecule has 13 heavy (non-hydrogen) atoms. The second-order valence-electron chi connectivity index (χ2n) is 2.12. The molecule has 1 aromatic rings. The van der Waals surface area contributed by atoms with E-state index >= 15 is 0 Å². The van der Waals surface area contributed by atoms with Crippen molar-refractivity contribution in [2.45, 2.75) is 6.92 Å². The maximum Gasteiger partial charge on any atom is 0.341 e. The van der Waals surface area contributed by atoms with Crippen LogP contribution in [0.1, 0.15) is 16.2 Å². The second kappa shape index (κ2) is 4.55. The zero-order valence-electron chi connectivity index (χ0n) is 6.50. The maximum absolute atomic E-state index is 10.5. The highest BCUT2D eigenvalue weighted by molar-refractivity contribution is 7.71. The molecule has 1 heterocycles. The van der Waals surface area contributed by atoms with Crippen molar-refractivity contribution in [1.29, 1.82) is 0 Å². The number of aryl methyl sites for hydroxylation is 1. The third kappa shape index (κ3) is 2.65. The summed E-state index contributed by atoms with van der Waals surface area (Å²) in [7, 11) is 0. The maximum atomic E-state index is 10.5. The van der Waals surface area contributed by atoms with Gasteiger partial charge in [0.2, 0.25) is 0 Å². The summed E-state index contributed by atoms with van der Waals surface area (Å²) >= 11 is 10.3. The number of rotatable bonds is 1. The van der Waals surface area contributed by atoms with Crippen molar-refractivity contribution in [2.24, 2.45) is 0 Å². The Morgan fingerprint density at radius 1 is 1.69 bits per heavy atom. The molecule has 0 bridgehead atoms. The Bertz CT molecular complexity index is 391. The molecule has 0 aromatic carbocycles. The van der Waals surface area contributed by atoms with Crippen molar-refractivity contribution in [1.82, 2.24) is 9.97 Å². The SMILES string of the molecule is Cc1nc(=S)c(C(=O)O)c(Cl)[nH]1.Cl. The van der Waals surface area contributed by atoms with Gasteiger partial charge in [-0.05, 0) is 6.92 Å². The van der Waals surface area contributed by atoms with E-state index in [1.54, 1.807) is 6.92 Å². The fourth-order valence-electron chi connectivity index (χ4n) is 0.737. The highest BCUT2D eigenvalue weighted by Gasteiger charge is 2.12. The summed E-state index contributed by atoms with van der Waals surface area (Å²) in [5.41, 5.74) is -0.155. The van der Waals surface area contributed by atoms with Crippen molar-refractivity contribution in [2.75, 3.05) is 0 Å². The number of carboxylic acid groups (broad SMARTS) is 1. The van der Waals surface area contributed by atoms with E-state index in [4.69, 9.17) is 28.9 Å². The summed E-state index contributed by atoms with van der Waals surface area (Å²) in [4.78, 5) is 16.9. The van der Waals surface area contributed by atoms with Gasteiger partial charge >= 0.3 is 5.97 Å². The highest BCUT2D eigenvalue weighted by Crippen LogP contribution is 2.13. The first-order chi connectivity index (χ1) is 5.52. The van der Waals surface area contributed by atoms with Crippen LogP contribution in [0.5, 0.6) is 0 Å². The van der Waals surface area contributed by atoms with E-state index in [9.17, 15) is 4.79 Å². The molecule has 0 radical (unpaired) electrons. The Labute approximate surface area is 90.4 Å². The lowest BCUT2D eigenvalue weighted by Crippen LogP contribution is -2.03. The molecule has 4 nitrogen and oxygen atoms in total. The van der Waals surface area contributed by atoms with Gasteiger partial charge in [0.1, 0.15) is 21.2 Å². The van der Waals surface area contributed by atoms with E-state index in [2.05, 4.69) is 9.97 Å². The number of H-pyrrole nitrogens is 1. The minimum Gasteiger partial charge on any atom is -0.477 e. The van der Waals surface area contributed by atoms with Crippen LogP contribution in [0.2, 0.25) is 5.15 Å². The third-order valence-electron chi connectivity index (χ3n) is 1.21.